The number of likely N-dealkylation sites (tertiary alicyclic amines) is 2. The second kappa shape index (κ2) is 26.7. The number of amides is 3. The minimum atomic E-state index is -0.246. The van der Waals surface area contributed by atoms with Gasteiger partial charge in [0, 0.05) is 89.0 Å². The number of piperidine rings is 2. The fourth-order valence-electron chi connectivity index (χ4n) is 21.9. The normalized spacial score (nSPS) is 42.2. The molecule has 13 heteroatoms. The number of carbonyl (C=O) groups is 3. The van der Waals surface area contributed by atoms with Gasteiger partial charge in [-0.05, 0) is 218 Å². The molecule has 0 radical (unpaired) electrons. The van der Waals surface area contributed by atoms with Crippen molar-refractivity contribution in [3.8, 4) is 0 Å². The average molecular weight is 1190 g/mol. The molecular weight excluding hydrogens is 1070 g/mol. The van der Waals surface area contributed by atoms with Crippen LogP contribution < -0.4 is 21.7 Å². The number of ether oxygens (including phenoxy) is 2. The van der Waals surface area contributed by atoms with Crippen LogP contribution in [0.1, 0.15) is 223 Å². The molecule has 3 amide bonds. The highest BCUT2D eigenvalue weighted by Gasteiger charge is 2.64. The van der Waals surface area contributed by atoms with Crippen LogP contribution in [-0.2, 0) is 23.9 Å². The molecule has 8 fully saturated rings. The Hall–Kier alpha value is -2.91. The Bertz CT molecular complexity index is 2580. The van der Waals surface area contributed by atoms with Gasteiger partial charge in [0.1, 0.15) is 0 Å². The van der Waals surface area contributed by atoms with Crippen LogP contribution in [0.25, 0.3) is 0 Å². The van der Waals surface area contributed by atoms with E-state index in [1.54, 1.807) is 33.4 Å². The summed E-state index contributed by atoms with van der Waals surface area (Å²) in [5.41, 5.74) is 15.5. The van der Waals surface area contributed by atoms with Crippen LogP contribution in [0.3, 0.4) is 0 Å². The van der Waals surface area contributed by atoms with Gasteiger partial charge < -0.3 is 41.4 Å². The second-order valence-electron chi connectivity index (χ2n) is 31.2. The molecule has 4 saturated heterocycles. The molecule has 12 aliphatic rings. The summed E-state index contributed by atoms with van der Waals surface area (Å²) in [6.45, 7) is 28.2. The number of nitrogens with one attached hydrogen (secondary N) is 3. The number of nitrogens with zero attached hydrogens (tertiary/aromatic N) is 2. The molecule has 0 bridgehead atoms. The first kappa shape index (κ1) is 64.6. The Kier molecular flexibility index (Phi) is 20.1. The monoisotopic (exact) mass is 1190 g/mol. The third-order valence-electron chi connectivity index (χ3n) is 26.5. The third-order valence-corrected chi connectivity index (χ3v) is 26.5. The minimum Gasteiger partial charge on any atom is -0.393 e. The number of hydrogen-bond donors (Lipinski definition) is 6. The van der Waals surface area contributed by atoms with E-state index < -0.39 is 0 Å². The molecule has 482 valence electrons. The Morgan fingerprint density at radius 3 is 1.72 bits per heavy atom. The lowest BCUT2D eigenvalue weighted by Crippen LogP contribution is -2.54. The molecule has 4 aliphatic heterocycles. The Morgan fingerprint density at radius 2 is 1.15 bits per heavy atom. The highest BCUT2D eigenvalue weighted by atomic mass is 16.5. The zero-order valence-corrected chi connectivity index (χ0v) is 55.1. The van der Waals surface area contributed by atoms with Crippen LogP contribution in [0.15, 0.2) is 45.6 Å². The van der Waals surface area contributed by atoms with E-state index in [0.29, 0.717) is 92.4 Å². The van der Waals surface area contributed by atoms with Gasteiger partial charge in [-0.1, -0.05) is 95.8 Å². The van der Waals surface area contributed by atoms with E-state index in [-0.39, 0.29) is 64.2 Å². The Balaban J connectivity index is 0.000000179. The molecule has 4 heterocycles. The summed E-state index contributed by atoms with van der Waals surface area (Å²) >= 11 is 0. The number of carbonyl (C=O) groups excluding carboxylic acids is 3. The summed E-state index contributed by atoms with van der Waals surface area (Å²) < 4.78 is 14.6. The standard InChI is InChI=1S/C38H61N3O4.C35H57N3O3/c1-6-34(43)39-17-9-7-8-10-35(44)40-18-19-41-23-24(2)20-33-36(41)26(4)38(45-33)16-14-29-30-12-11-27-21-28(42)13-15-37(27,5)32(30)22-31(29)25(38)3;1-22-18-31-33(38(21-22)17-16-37-32(40)8-6-5-7-15-36)24(3)35(41-31)14-12-27-28-10-9-25-19-26(39)11-13-34(25,4)30(28)20-29(27)23(35)2/h21,24,26,28-30,32-33,36,42H,6-20,22-23H2,1-5H3,(H,39,43)(H,40,44);9,22,24,26-28,30-31,33,39H,5-8,10-21,36H2,1-4H3,(H,37,40)/t24-,26+,28-,29-,30-,32-,33+,36-,37-,38?;22-,24+,26-,27-,28-,30-,31+,33-,34-,35?/m00/s1. The maximum Gasteiger partial charge on any atom is 0.220 e. The average Bonchev–Trinajstić information content (AvgIpc) is 2.91. The minimum absolute atomic E-state index is 0.0951. The topological polar surface area (TPSA) is 179 Å². The first-order valence-electron chi connectivity index (χ1n) is 35.8. The molecule has 13 nitrogen and oxygen atoms in total. The summed E-state index contributed by atoms with van der Waals surface area (Å²) in [5, 5.41) is 30.1. The lowest BCUT2D eigenvalue weighted by Gasteiger charge is -2.49. The maximum absolute atomic E-state index is 12.6. The van der Waals surface area contributed by atoms with Crippen LogP contribution >= 0.6 is 0 Å². The second-order valence-corrected chi connectivity index (χ2v) is 31.2. The van der Waals surface area contributed by atoms with E-state index in [2.05, 4.69) is 93.3 Å². The van der Waals surface area contributed by atoms with Gasteiger partial charge in [0.2, 0.25) is 17.7 Å². The maximum atomic E-state index is 12.6. The molecule has 4 saturated carbocycles. The van der Waals surface area contributed by atoms with E-state index in [9.17, 15) is 24.6 Å². The van der Waals surface area contributed by atoms with Gasteiger partial charge >= 0.3 is 0 Å². The summed E-state index contributed by atoms with van der Waals surface area (Å²) in [6.07, 6.45) is 30.5. The number of allylic oxidation sites excluding steroid dienone is 4. The molecule has 0 aromatic carbocycles. The van der Waals surface area contributed by atoms with Crippen molar-refractivity contribution in [2.24, 2.45) is 75.7 Å². The molecule has 12 rings (SSSR count). The van der Waals surface area contributed by atoms with Gasteiger partial charge in [0.15, 0.2) is 0 Å². The van der Waals surface area contributed by atoms with Crippen molar-refractivity contribution >= 4 is 17.7 Å². The fourth-order valence-corrected chi connectivity index (χ4v) is 21.9. The number of unbranched alkanes of at least 4 members (excludes halogenated alkanes) is 4. The molecule has 86 heavy (non-hydrogen) atoms. The van der Waals surface area contributed by atoms with Crippen LogP contribution in [0, 0.1) is 70.0 Å². The number of hydrogen-bond acceptors (Lipinski definition) is 10. The van der Waals surface area contributed by atoms with Crippen LogP contribution in [0.5, 0.6) is 0 Å². The van der Waals surface area contributed by atoms with E-state index in [0.717, 1.165) is 147 Å². The molecule has 0 aromatic heterocycles. The first-order chi connectivity index (χ1) is 41.2. The highest BCUT2D eigenvalue weighted by molar-refractivity contribution is 5.76. The third kappa shape index (κ3) is 12.2. The molecule has 20 atom stereocenters. The van der Waals surface area contributed by atoms with Crippen LogP contribution in [-0.4, -0.2) is 138 Å². The number of rotatable bonds is 18. The van der Waals surface area contributed by atoms with Crippen LogP contribution in [0.2, 0.25) is 0 Å². The number of aliphatic hydroxyl groups is 2. The molecule has 7 N–H and O–H groups in total. The van der Waals surface area contributed by atoms with Crippen molar-refractivity contribution in [2.75, 3.05) is 52.4 Å². The molecule has 2 unspecified atom stereocenters. The van der Waals surface area contributed by atoms with Crippen molar-refractivity contribution in [1.82, 2.24) is 25.8 Å². The van der Waals surface area contributed by atoms with Crippen molar-refractivity contribution in [3.63, 3.8) is 0 Å². The van der Waals surface area contributed by atoms with Crippen molar-refractivity contribution in [2.45, 2.75) is 271 Å². The van der Waals surface area contributed by atoms with Crippen molar-refractivity contribution in [1.29, 1.82) is 0 Å². The van der Waals surface area contributed by atoms with E-state index in [1.165, 1.54) is 44.9 Å². The van der Waals surface area contributed by atoms with Gasteiger partial charge in [-0.25, -0.2) is 0 Å². The zero-order valence-electron chi connectivity index (χ0n) is 55.1. The van der Waals surface area contributed by atoms with Crippen molar-refractivity contribution in [3.05, 3.63) is 45.6 Å². The van der Waals surface area contributed by atoms with Crippen molar-refractivity contribution < 1.29 is 34.1 Å². The molecular formula is C73H118N6O7. The molecule has 2 spiro atoms. The zero-order chi connectivity index (χ0) is 60.9. The first-order valence-corrected chi connectivity index (χ1v) is 35.8. The Labute approximate surface area is 519 Å². The van der Waals surface area contributed by atoms with Gasteiger partial charge in [-0.15, -0.1) is 0 Å². The van der Waals surface area contributed by atoms with Gasteiger partial charge in [-0.2, -0.15) is 0 Å². The number of nitrogens with two attached hydrogens (primary N) is 1. The summed E-state index contributed by atoms with van der Waals surface area (Å²) in [7, 11) is 0. The Morgan fingerprint density at radius 1 is 0.628 bits per heavy atom. The summed E-state index contributed by atoms with van der Waals surface area (Å²) in [6, 6.07) is 0.827. The van der Waals surface area contributed by atoms with E-state index in [4.69, 9.17) is 15.2 Å². The SMILES string of the molecule is CC1=C2C[C@H]3[C@@H](CC=C4C[C@@H](O)CC[C@@]43C)[C@@H]2CCC12O[C@@H]1C[C@H](C)CN(CCNC(=O)CCCCCN)[C@H]1[C@H]2C.CCC(=O)NCCCCCC(=O)NCCN1C[C@@H](C)C[C@H]2OC3(CC[C@@H]4C(=C3C)C[C@H]3[C@H]4CCC4=C[C@@H](O)CC[C@@]43C)[C@H](C)[C@@H]21. The summed E-state index contributed by atoms with van der Waals surface area (Å²) in [5.74, 6) is 6.88. The van der Waals surface area contributed by atoms with E-state index in [1.807, 2.05) is 6.92 Å². The van der Waals surface area contributed by atoms with Crippen LogP contribution in [0.4, 0.5) is 0 Å². The largest absolute Gasteiger partial charge is 0.393 e. The quantitative estimate of drug-likeness (QED) is 0.0572. The number of fused-ring (bicyclic) bond motifs is 12. The highest BCUT2D eigenvalue weighted by Crippen LogP contribution is 2.68. The predicted octanol–water partition coefficient (Wildman–Crippen LogP) is 11.3. The van der Waals surface area contributed by atoms with Gasteiger partial charge in [0.25, 0.3) is 0 Å². The number of aliphatic hydroxyl groups excluding tert-OH is 2. The molecule has 0 aromatic rings. The van der Waals surface area contributed by atoms with E-state index >= 15 is 0 Å². The summed E-state index contributed by atoms with van der Waals surface area (Å²) in [4.78, 5) is 41.7. The fraction of sp³-hybridized carbons (Fsp3) is 0.849. The molecule has 8 aliphatic carbocycles. The van der Waals surface area contributed by atoms with Gasteiger partial charge in [-0.3, -0.25) is 24.2 Å². The lowest BCUT2D eigenvalue weighted by molar-refractivity contribution is -0.122. The lowest BCUT2D eigenvalue weighted by atomic mass is 9.56. The smallest absolute Gasteiger partial charge is 0.220 e. The van der Waals surface area contributed by atoms with Gasteiger partial charge in [0.05, 0.1) is 35.6 Å². The predicted molar refractivity (Wildman–Crippen MR) is 343 cm³/mol.